The molecule has 0 aromatic heterocycles. The number of hydrogen-bond donors (Lipinski definition) is 1. The summed E-state index contributed by atoms with van der Waals surface area (Å²) in [6.07, 6.45) is -0.148. The molecule has 1 aromatic rings. The molecule has 1 amide bonds. The van der Waals surface area contributed by atoms with Crippen molar-refractivity contribution in [3.63, 3.8) is 0 Å². The largest absolute Gasteiger partial charge is 0.353 e. The molecule has 0 spiro atoms. The van der Waals surface area contributed by atoms with Gasteiger partial charge in [-0.3, -0.25) is 9.36 Å². The average Bonchev–Trinajstić information content (AvgIpc) is 2.36. The maximum absolute atomic E-state index is 13.2. The fourth-order valence-corrected chi connectivity index (χ4v) is 4.37. The van der Waals surface area contributed by atoms with Crippen LogP contribution in [0.1, 0.15) is 40.2 Å². The van der Waals surface area contributed by atoms with Crippen molar-refractivity contribution in [2.75, 3.05) is 0 Å². The molecule has 0 unspecified atom stereocenters. The number of hydrogen-bond acceptors (Lipinski definition) is 4. The van der Waals surface area contributed by atoms with Gasteiger partial charge in [0.25, 0.3) is 0 Å². The molecule has 0 saturated heterocycles. The third kappa shape index (κ3) is 6.30. The summed E-state index contributed by atoms with van der Waals surface area (Å²) in [5.74, 6) is -0.974. The van der Waals surface area contributed by atoms with E-state index in [0.717, 1.165) is 5.56 Å². The van der Waals surface area contributed by atoms with E-state index in [2.05, 4.69) is 5.32 Å². The minimum absolute atomic E-state index is 0.263. The fraction of sp³-hybridized carbons (Fsp3) is 0.562. The first-order chi connectivity index (χ1) is 10.2. The number of nitrogens with one attached hydrogen (secondary N) is 1. The number of benzene rings is 1. The predicted molar refractivity (Wildman–Crippen MR) is 87.8 cm³/mol. The van der Waals surface area contributed by atoms with E-state index >= 15 is 0 Å². The fourth-order valence-electron chi connectivity index (χ4n) is 2.07. The predicted octanol–water partition coefficient (Wildman–Crippen LogP) is 3.73. The molecule has 0 aliphatic heterocycles. The molecule has 5 nitrogen and oxygen atoms in total. The number of amides is 1. The lowest BCUT2D eigenvalue weighted by Crippen LogP contribution is -2.37. The Morgan fingerprint density at radius 3 is 2.00 bits per heavy atom. The maximum Gasteiger partial charge on any atom is 0.353 e. The van der Waals surface area contributed by atoms with Gasteiger partial charge in [0.05, 0.1) is 12.2 Å². The third-order valence-corrected chi connectivity index (χ3v) is 5.25. The molecule has 124 valence electrons. The monoisotopic (exact) mass is 327 g/mol. The zero-order valence-electron chi connectivity index (χ0n) is 13.9. The molecule has 0 radical (unpaired) electrons. The first-order valence-corrected chi connectivity index (χ1v) is 9.11. The summed E-state index contributed by atoms with van der Waals surface area (Å²) < 4.78 is 24.4. The van der Waals surface area contributed by atoms with Crippen LogP contribution in [0.2, 0.25) is 0 Å². The molecule has 0 saturated carbocycles. The second-order valence-corrected chi connectivity index (χ2v) is 7.88. The van der Waals surface area contributed by atoms with E-state index in [1.54, 1.807) is 27.7 Å². The second-order valence-electron chi connectivity index (χ2n) is 5.75. The first kappa shape index (κ1) is 18.9. The van der Waals surface area contributed by atoms with Crippen molar-refractivity contribution >= 4 is 13.5 Å². The van der Waals surface area contributed by atoms with E-state index < -0.39 is 13.4 Å². The van der Waals surface area contributed by atoms with E-state index in [0.29, 0.717) is 6.42 Å². The SMILES string of the molecule is CC(=O)N[C@@H](Cc1ccccc1)P(=O)(OC(C)C)OC(C)C. The quantitative estimate of drug-likeness (QED) is 0.739. The van der Waals surface area contributed by atoms with Crippen LogP contribution >= 0.6 is 7.60 Å². The van der Waals surface area contributed by atoms with E-state index in [-0.39, 0.29) is 18.1 Å². The van der Waals surface area contributed by atoms with Gasteiger partial charge in [0.2, 0.25) is 5.91 Å². The van der Waals surface area contributed by atoms with Crippen molar-refractivity contribution in [3.8, 4) is 0 Å². The summed E-state index contributed by atoms with van der Waals surface area (Å²) in [5.41, 5.74) is 0.959. The molecule has 0 bridgehead atoms. The number of carbonyl (C=O) groups is 1. The normalized spacial score (nSPS) is 13.4. The van der Waals surface area contributed by atoms with Crippen LogP contribution in [0.4, 0.5) is 0 Å². The molecule has 22 heavy (non-hydrogen) atoms. The lowest BCUT2D eigenvalue weighted by atomic mass is 10.1. The average molecular weight is 327 g/mol. The minimum atomic E-state index is -3.49. The Kier molecular flexibility index (Phi) is 7.27. The summed E-state index contributed by atoms with van der Waals surface area (Å²) in [6, 6.07) is 9.55. The van der Waals surface area contributed by atoms with Crippen molar-refractivity contribution in [2.24, 2.45) is 0 Å². The summed E-state index contributed by atoms with van der Waals surface area (Å²) in [4.78, 5) is 11.5. The van der Waals surface area contributed by atoms with Crippen LogP contribution in [0.5, 0.6) is 0 Å². The van der Waals surface area contributed by atoms with Gasteiger partial charge in [0.1, 0.15) is 5.78 Å². The van der Waals surface area contributed by atoms with Crippen molar-refractivity contribution in [3.05, 3.63) is 35.9 Å². The Balaban J connectivity index is 3.08. The minimum Gasteiger partial charge on any atom is -0.342 e. The molecule has 0 heterocycles. The van der Waals surface area contributed by atoms with Gasteiger partial charge in [0.15, 0.2) is 0 Å². The molecular weight excluding hydrogens is 301 g/mol. The van der Waals surface area contributed by atoms with Crippen molar-refractivity contribution in [2.45, 2.75) is 59.0 Å². The molecule has 6 heteroatoms. The maximum atomic E-state index is 13.2. The van der Waals surface area contributed by atoms with Crippen molar-refractivity contribution in [1.29, 1.82) is 0 Å². The highest BCUT2D eigenvalue weighted by atomic mass is 31.2. The van der Waals surface area contributed by atoms with Crippen LogP contribution in [0.3, 0.4) is 0 Å². The van der Waals surface area contributed by atoms with Gasteiger partial charge in [-0.2, -0.15) is 0 Å². The first-order valence-electron chi connectivity index (χ1n) is 7.50. The molecule has 1 N–H and O–H groups in total. The Labute approximate surface area is 132 Å². The number of rotatable bonds is 8. The Bertz CT molecular complexity index is 502. The van der Waals surface area contributed by atoms with E-state index in [1.807, 2.05) is 30.3 Å². The highest BCUT2D eigenvalue weighted by Crippen LogP contribution is 2.55. The van der Waals surface area contributed by atoms with Gasteiger partial charge in [-0.1, -0.05) is 30.3 Å². The van der Waals surface area contributed by atoms with Crippen LogP contribution in [0.15, 0.2) is 30.3 Å². The second kappa shape index (κ2) is 8.47. The van der Waals surface area contributed by atoms with Gasteiger partial charge in [-0.25, -0.2) is 0 Å². The molecule has 1 aromatic carbocycles. The molecule has 0 aliphatic carbocycles. The Morgan fingerprint density at radius 1 is 1.09 bits per heavy atom. The molecule has 0 aliphatic rings. The lowest BCUT2D eigenvalue weighted by molar-refractivity contribution is -0.119. The molecule has 1 atom stereocenters. The van der Waals surface area contributed by atoms with Gasteiger partial charge >= 0.3 is 7.60 Å². The Morgan fingerprint density at radius 2 is 1.59 bits per heavy atom. The summed E-state index contributed by atoms with van der Waals surface area (Å²) >= 11 is 0. The highest BCUT2D eigenvalue weighted by Gasteiger charge is 2.38. The smallest absolute Gasteiger partial charge is 0.342 e. The Hall–Kier alpha value is -1.16. The topological polar surface area (TPSA) is 64.6 Å². The summed E-state index contributed by atoms with van der Waals surface area (Å²) in [6.45, 7) is 8.58. The molecule has 1 rings (SSSR count). The standard InChI is InChI=1S/C16H26NO4P/c1-12(2)20-22(19,21-13(3)4)16(17-14(5)18)11-15-9-7-6-8-10-15/h6-10,12-13,16H,11H2,1-5H3,(H,17,18)/t16-/m1/s1. The van der Waals surface area contributed by atoms with E-state index in [4.69, 9.17) is 9.05 Å². The summed E-state index contributed by atoms with van der Waals surface area (Å²) in [5, 5.41) is 2.73. The van der Waals surface area contributed by atoms with Crippen LogP contribution in [-0.2, 0) is 24.8 Å². The third-order valence-electron chi connectivity index (χ3n) is 2.74. The van der Waals surface area contributed by atoms with Crippen LogP contribution in [0, 0.1) is 0 Å². The van der Waals surface area contributed by atoms with Gasteiger partial charge in [-0.05, 0) is 33.3 Å². The molecular formula is C16H26NO4P. The summed E-state index contributed by atoms with van der Waals surface area (Å²) in [7, 11) is -3.49. The lowest BCUT2D eigenvalue weighted by Gasteiger charge is -2.30. The van der Waals surface area contributed by atoms with Gasteiger partial charge in [-0.15, -0.1) is 0 Å². The zero-order valence-corrected chi connectivity index (χ0v) is 14.8. The van der Waals surface area contributed by atoms with Gasteiger partial charge in [0, 0.05) is 13.3 Å². The van der Waals surface area contributed by atoms with Crippen LogP contribution in [-0.4, -0.2) is 23.9 Å². The van der Waals surface area contributed by atoms with Crippen molar-refractivity contribution in [1.82, 2.24) is 5.32 Å². The van der Waals surface area contributed by atoms with E-state index in [1.165, 1.54) is 6.92 Å². The highest BCUT2D eigenvalue weighted by molar-refractivity contribution is 7.54. The van der Waals surface area contributed by atoms with Crippen LogP contribution < -0.4 is 5.32 Å². The van der Waals surface area contributed by atoms with E-state index in [9.17, 15) is 9.36 Å². The molecule has 0 fully saturated rings. The zero-order chi connectivity index (χ0) is 16.8. The van der Waals surface area contributed by atoms with Crippen LogP contribution in [0.25, 0.3) is 0 Å². The van der Waals surface area contributed by atoms with Gasteiger partial charge < -0.3 is 14.4 Å². The number of carbonyl (C=O) groups excluding carboxylic acids is 1. The van der Waals surface area contributed by atoms with Crippen molar-refractivity contribution < 1.29 is 18.4 Å².